The molecule has 0 bridgehead atoms. The van der Waals surface area contributed by atoms with Crippen LogP contribution in [0.5, 0.6) is 0 Å². The third-order valence-corrected chi connectivity index (χ3v) is 7.65. The Balaban J connectivity index is 2.04. The Morgan fingerprint density at radius 2 is 1.16 bits per heavy atom. The van der Waals surface area contributed by atoms with E-state index >= 15 is 0 Å². The smallest absolute Gasteiger partial charge is 0.407 e. The maximum absolute atomic E-state index is 12.4. The molecule has 2 aliphatic heterocycles. The summed E-state index contributed by atoms with van der Waals surface area (Å²) < 4.78 is 51.6. The molecule has 0 aromatic rings. The molecule has 1 saturated carbocycles. The van der Waals surface area contributed by atoms with Crippen LogP contribution >= 0.6 is 0 Å². The van der Waals surface area contributed by atoms with Gasteiger partial charge >= 0.3 is 35.9 Å². The molecule has 3 fully saturated rings. The molecule has 0 aromatic carbocycles. The Labute approximate surface area is 260 Å². The van der Waals surface area contributed by atoms with E-state index in [1.807, 2.05) is 0 Å². The Kier molecular flexibility index (Phi) is 12.9. The molecule has 10 atom stereocenters. The Morgan fingerprint density at radius 3 is 1.64 bits per heavy atom. The van der Waals surface area contributed by atoms with E-state index in [9.17, 15) is 28.8 Å². The minimum atomic E-state index is -1.59. The molecular formula is C29H43NO15. The lowest BCUT2D eigenvalue weighted by Crippen LogP contribution is -2.66. The predicted molar refractivity (Wildman–Crippen MR) is 148 cm³/mol. The van der Waals surface area contributed by atoms with Crippen molar-refractivity contribution < 1.29 is 71.4 Å². The Hall–Kier alpha value is -3.50. The van der Waals surface area contributed by atoms with Crippen molar-refractivity contribution in [1.82, 2.24) is 5.32 Å². The highest BCUT2D eigenvalue weighted by molar-refractivity contribution is 5.69. The molecule has 45 heavy (non-hydrogen) atoms. The molecule has 16 nitrogen and oxygen atoms in total. The van der Waals surface area contributed by atoms with Gasteiger partial charge in [-0.15, -0.1) is 0 Å². The van der Waals surface area contributed by atoms with Crippen LogP contribution in [0.15, 0.2) is 0 Å². The molecule has 0 aromatic heterocycles. The zero-order valence-corrected chi connectivity index (χ0v) is 26.5. The second-order valence-electron chi connectivity index (χ2n) is 11.3. The third kappa shape index (κ3) is 9.99. The van der Waals surface area contributed by atoms with Crippen molar-refractivity contribution >= 4 is 35.9 Å². The number of hydrogen-bond donors (Lipinski definition) is 1. The van der Waals surface area contributed by atoms with Crippen molar-refractivity contribution in [2.45, 2.75) is 128 Å². The maximum Gasteiger partial charge on any atom is 0.407 e. The van der Waals surface area contributed by atoms with Crippen LogP contribution in [0, 0.1) is 5.92 Å². The summed E-state index contributed by atoms with van der Waals surface area (Å²) in [5.74, 6) is -3.29. The molecule has 1 amide bonds. The first-order valence-electron chi connectivity index (χ1n) is 14.9. The van der Waals surface area contributed by atoms with Crippen molar-refractivity contribution in [1.29, 1.82) is 0 Å². The van der Waals surface area contributed by atoms with Crippen molar-refractivity contribution in [3.63, 3.8) is 0 Å². The van der Waals surface area contributed by atoms with Gasteiger partial charge < -0.3 is 47.9 Å². The highest BCUT2D eigenvalue weighted by atomic mass is 16.8. The van der Waals surface area contributed by atoms with Crippen LogP contribution in [-0.4, -0.2) is 111 Å². The molecule has 2 heterocycles. The second-order valence-corrected chi connectivity index (χ2v) is 11.3. The summed E-state index contributed by atoms with van der Waals surface area (Å²) in [6, 6.07) is 0. The van der Waals surface area contributed by atoms with Gasteiger partial charge in [-0.05, 0) is 19.3 Å². The summed E-state index contributed by atoms with van der Waals surface area (Å²) >= 11 is 0. The summed E-state index contributed by atoms with van der Waals surface area (Å²) in [5.41, 5.74) is 0. The molecule has 0 radical (unpaired) electrons. The lowest BCUT2D eigenvalue weighted by molar-refractivity contribution is -0.341. The number of carbonyl (C=O) groups is 6. The SMILES string of the molecule is CNC(=O)O[C@@H]1[C@H](OC(C)=O)[C@@H](O[C@@H]2C(C)O[C@@H](CC3CCC3)[C@@H](OC(C)=O)[C@@H]2OC(C)=O)O[C@H](COC(C)=O)[C@H]1OC(C)=O. The van der Waals surface area contributed by atoms with Gasteiger partial charge in [-0.1, -0.05) is 19.3 Å². The largest absolute Gasteiger partial charge is 0.463 e. The van der Waals surface area contributed by atoms with Crippen LogP contribution in [0.3, 0.4) is 0 Å². The zero-order valence-electron chi connectivity index (χ0n) is 26.5. The van der Waals surface area contributed by atoms with Crippen molar-refractivity contribution in [2.75, 3.05) is 13.7 Å². The molecule has 3 aliphatic rings. The van der Waals surface area contributed by atoms with E-state index in [0.717, 1.165) is 40.0 Å². The van der Waals surface area contributed by atoms with E-state index in [1.165, 1.54) is 20.9 Å². The maximum atomic E-state index is 12.4. The quantitative estimate of drug-likeness (QED) is 0.247. The van der Waals surface area contributed by atoms with E-state index in [2.05, 4.69) is 5.32 Å². The summed E-state index contributed by atoms with van der Waals surface area (Å²) in [5, 5.41) is 2.28. The summed E-state index contributed by atoms with van der Waals surface area (Å²) in [7, 11) is 1.29. The summed E-state index contributed by atoms with van der Waals surface area (Å²) in [6.07, 6.45) is -9.60. The molecule has 1 aliphatic carbocycles. The van der Waals surface area contributed by atoms with Crippen LogP contribution in [0.1, 0.15) is 67.2 Å². The molecule has 0 spiro atoms. The number of nitrogens with one attached hydrogen (secondary N) is 1. The second kappa shape index (κ2) is 16.2. The van der Waals surface area contributed by atoms with Crippen LogP contribution < -0.4 is 5.32 Å². The first-order chi connectivity index (χ1) is 21.2. The van der Waals surface area contributed by atoms with Gasteiger partial charge in [0.25, 0.3) is 0 Å². The van der Waals surface area contributed by atoms with E-state index < -0.39 is 104 Å². The number of alkyl carbamates (subject to hydrolysis) is 1. The fraction of sp³-hybridized carbons (Fsp3) is 0.793. The average molecular weight is 646 g/mol. The van der Waals surface area contributed by atoms with Gasteiger partial charge in [-0.3, -0.25) is 24.0 Å². The Morgan fingerprint density at radius 1 is 0.644 bits per heavy atom. The lowest BCUT2D eigenvalue weighted by Gasteiger charge is -2.49. The first kappa shape index (κ1) is 36.0. The van der Waals surface area contributed by atoms with Crippen molar-refractivity contribution in [3.8, 4) is 0 Å². The summed E-state index contributed by atoms with van der Waals surface area (Å²) in [6.45, 7) is 6.94. The first-order valence-corrected chi connectivity index (χ1v) is 14.9. The van der Waals surface area contributed by atoms with Gasteiger partial charge in [0.1, 0.15) is 18.8 Å². The predicted octanol–water partition coefficient (Wildman–Crippen LogP) is 1.09. The number of rotatable bonds is 11. The van der Waals surface area contributed by atoms with Crippen LogP contribution in [0.4, 0.5) is 4.79 Å². The van der Waals surface area contributed by atoms with Gasteiger partial charge in [-0.2, -0.15) is 0 Å². The highest BCUT2D eigenvalue weighted by Gasteiger charge is 2.56. The lowest BCUT2D eigenvalue weighted by atomic mass is 9.79. The van der Waals surface area contributed by atoms with Crippen LogP contribution in [0.2, 0.25) is 0 Å². The Bertz CT molecular complexity index is 1090. The molecule has 3 rings (SSSR count). The van der Waals surface area contributed by atoms with Crippen LogP contribution in [-0.2, 0) is 66.6 Å². The monoisotopic (exact) mass is 645 g/mol. The van der Waals surface area contributed by atoms with Gasteiger partial charge in [0, 0.05) is 41.7 Å². The van der Waals surface area contributed by atoms with Crippen molar-refractivity contribution in [3.05, 3.63) is 0 Å². The molecule has 1 N–H and O–H groups in total. The number of esters is 5. The molecule has 1 unspecified atom stereocenters. The van der Waals surface area contributed by atoms with Crippen LogP contribution in [0.25, 0.3) is 0 Å². The van der Waals surface area contributed by atoms with E-state index in [4.69, 9.17) is 42.6 Å². The molecule has 2 saturated heterocycles. The number of ether oxygens (including phenoxy) is 9. The van der Waals surface area contributed by atoms with Crippen molar-refractivity contribution in [2.24, 2.45) is 5.92 Å². The molecular weight excluding hydrogens is 602 g/mol. The third-order valence-electron chi connectivity index (χ3n) is 7.65. The minimum absolute atomic E-state index is 0.341. The van der Waals surface area contributed by atoms with Gasteiger partial charge in [0.15, 0.2) is 36.8 Å². The van der Waals surface area contributed by atoms with Gasteiger partial charge in [0.05, 0.1) is 12.2 Å². The van der Waals surface area contributed by atoms with Gasteiger partial charge in [-0.25, -0.2) is 4.79 Å². The number of hydrogen-bond acceptors (Lipinski definition) is 15. The fourth-order valence-corrected chi connectivity index (χ4v) is 5.64. The van der Waals surface area contributed by atoms with E-state index in [-0.39, 0.29) is 0 Å². The van der Waals surface area contributed by atoms with E-state index in [0.29, 0.717) is 12.3 Å². The average Bonchev–Trinajstić information content (AvgIpc) is 2.90. The number of carbonyl (C=O) groups excluding carboxylic acids is 6. The standard InChI is InChI=1S/C29H43NO15/c1-13-22(25(41-17(5)34)23(39-15(3)32)20(38-13)11-19-9-8-10-19)44-28-27(42-18(6)35)26(45-29(36)30-7)24(40-16(4)33)21(43-28)12-37-14(2)31/h13,19-28H,8-12H2,1-7H3,(H,30,36)/t13?,20-,21+,22+,23+,24+,25+,26-,27-,28+/m0/s1. The minimum Gasteiger partial charge on any atom is -0.463 e. The summed E-state index contributed by atoms with van der Waals surface area (Å²) in [4.78, 5) is 73.0. The highest BCUT2D eigenvalue weighted by Crippen LogP contribution is 2.39. The normalized spacial score (nSPS) is 33.0. The van der Waals surface area contributed by atoms with Gasteiger partial charge in [0.2, 0.25) is 0 Å². The zero-order chi connectivity index (χ0) is 33.4. The molecule has 254 valence electrons. The van der Waals surface area contributed by atoms with E-state index in [1.54, 1.807) is 6.92 Å². The topological polar surface area (TPSA) is 198 Å². The molecule has 16 heteroatoms. The number of amides is 1. The fourth-order valence-electron chi connectivity index (χ4n) is 5.64.